The first-order chi connectivity index (χ1) is 20.3. The van der Waals surface area contributed by atoms with Crippen LogP contribution in [0, 0.1) is 11.3 Å². The van der Waals surface area contributed by atoms with E-state index in [0.717, 1.165) is 24.2 Å². The van der Waals surface area contributed by atoms with Gasteiger partial charge in [0.15, 0.2) is 0 Å². The van der Waals surface area contributed by atoms with Crippen LogP contribution in [-0.2, 0) is 22.5 Å². The second kappa shape index (κ2) is 12.4. The SMILES string of the molecule is COC(=O)[C@H](Cc1ccc(O)cc1)NC(=O)c1csc2c(=O)n(Cc3ccccc3C#N)c(N3CCC[C@@H](N)C3)nc12. The molecule has 0 aliphatic carbocycles. The number of esters is 1. The van der Waals surface area contributed by atoms with Crippen molar-refractivity contribution in [3.63, 3.8) is 0 Å². The third-order valence-electron chi connectivity index (χ3n) is 7.28. The van der Waals surface area contributed by atoms with Gasteiger partial charge in [-0.05, 0) is 42.2 Å². The van der Waals surface area contributed by atoms with Crippen LogP contribution in [0.3, 0.4) is 0 Å². The maximum Gasteiger partial charge on any atom is 0.328 e. The maximum atomic E-state index is 13.9. The van der Waals surface area contributed by atoms with Crippen molar-refractivity contribution in [2.45, 2.75) is 37.9 Å². The van der Waals surface area contributed by atoms with Crippen LogP contribution in [-0.4, -0.2) is 58.8 Å². The molecule has 0 saturated carbocycles. The summed E-state index contributed by atoms with van der Waals surface area (Å²) in [4.78, 5) is 46.8. The number of fused-ring (bicyclic) bond motifs is 1. The number of carbonyl (C=O) groups excluding carboxylic acids is 2. The van der Waals surface area contributed by atoms with E-state index in [1.807, 2.05) is 11.0 Å². The number of thiophene rings is 1. The maximum absolute atomic E-state index is 13.9. The smallest absolute Gasteiger partial charge is 0.328 e. The number of phenolic OH excluding ortho intramolecular Hbond substituents is 1. The first-order valence-electron chi connectivity index (χ1n) is 13.5. The van der Waals surface area contributed by atoms with Crippen LogP contribution < -0.4 is 21.5 Å². The van der Waals surface area contributed by atoms with Crippen molar-refractivity contribution in [3.05, 3.63) is 86.5 Å². The molecular formula is C30H30N6O5S. The van der Waals surface area contributed by atoms with E-state index in [4.69, 9.17) is 15.5 Å². The molecule has 42 heavy (non-hydrogen) atoms. The molecule has 1 fully saturated rings. The van der Waals surface area contributed by atoms with E-state index in [1.165, 1.54) is 23.8 Å². The second-order valence-electron chi connectivity index (χ2n) is 10.2. The lowest BCUT2D eigenvalue weighted by atomic mass is 10.1. The zero-order valence-electron chi connectivity index (χ0n) is 22.9. The molecule has 12 heteroatoms. The summed E-state index contributed by atoms with van der Waals surface area (Å²) < 4.78 is 6.75. The summed E-state index contributed by atoms with van der Waals surface area (Å²) in [5.41, 5.74) is 8.17. The van der Waals surface area contributed by atoms with E-state index in [2.05, 4.69) is 11.4 Å². The average molecular weight is 587 g/mol. The molecule has 2 atom stereocenters. The fraction of sp³-hybridized carbons (Fsp3) is 0.300. The molecule has 5 rings (SSSR count). The highest BCUT2D eigenvalue weighted by Gasteiger charge is 2.28. The summed E-state index contributed by atoms with van der Waals surface area (Å²) in [5, 5.41) is 23.5. The number of piperidine rings is 1. The van der Waals surface area contributed by atoms with Gasteiger partial charge in [-0.2, -0.15) is 5.26 Å². The number of methoxy groups -OCH3 is 1. The number of hydrogen-bond acceptors (Lipinski definition) is 10. The fourth-order valence-corrected chi connectivity index (χ4v) is 6.03. The molecule has 0 unspecified atom stereocenters. The molecule has 3 heterocycles. The molecule has 1 amide bonds. The van der Waals surface area contributed by atoms with Crippen molar-refractivity contribution in [2.75, 3.05) is 25.1 Å². The summed E-state index contributed by atoms with van der Waals surface area (Å²) in [7, 11) is 1.24. The first-order valence-corrected chi connectivity index (χ1v) is 14.3. The van der Waals surface area contributed by atoms with Crippen molar-refractivity contribution in [2.24, 2.45) is 5.73 Å². The second-order valence-corrected chi connectivity index (χ2v) is 11.0. The number of phenols is 1. The molecule has 1 aliphatic rings. The van der Waals surface area contributed by atoms with Crippen LogP contribution in [0.5, 0.6) is 5.75 Å². The predicted octanol–water partition coefficient (Wildman–Crippen LogP) is 2.53. The van der Waals surface area contributed by atoms with Gasteiger partial charge in [-0.15, -0.1) is 11.3 Å². The number of benzene rings is 2. The van der Waals surface area contributed by atoms with Crippen molar-refractivity contribution >= 4 is 39.4 Å². The summed E-state index contributed by atoms with van der Waals surface area (Å²) in [6.07, 6.45) is 1.80. The molecule has 2 aromatic carbocycles. The van der Waals surface area contributed by atoms with Crippen LogP contribution in [0.4, 0.5) is 5.95 Å². The lowest BCUT2D eigenvalue weighted by Crippen LogP contribution is -2.45. The Morgan fingerprint density at radius 1 is 1.26 bits per heavy atom. The number of hydrogen-bond donors (Lipinski definition) is 3. The van der Waals surface area contributed by atoms with Gasteiger partial charge in [-0.25, -0.2) is 9.78 Å². The molecule has 0 radical (unpaired) electrons. The zero-order chi connectivity index (χ0) is 29.8. The normalized spacial score (nSPS) is 15.6. The van der Waals surface area contributed by atoms with Gasteiger partial charge in [0.25, 0.3) is 11.5 Å². The number of amides is 1. The number of nitrogens with two attached hydrogens (primary N) is 1. The number of aromatic hydroxyl groups is 1. The third kappa shape index (κ3) is 5.97. The van der Waals surface area contributed by atoms with Gasteiger partial charge in [0, 0.05) is 30.9 Å². The van der Waals surface area contributed by atoms with E-state index in [1.54, 1.807) is 35.7 Å². The average Bonchev–Trinajstić information content (AvgIpc) is 3.43. The van der Waals surface area contributed by atoms with Crippen LogP contribution in [0.25, 0.3) is 10.2 Å². The quantitative estimate of drug-likeness (QED) is 0.263. The molecule has 0 spiro atoms. The molecule has 216 valence electrons. The number of nitrogens with one attached hydrogen (secondary N) is 1. The van der Waals surface area contributed by atoms with Gasteiger partial charge in [0.1, 0.15) is 22.0 Å². The summed E-state index contributed by atoms with van der Waals surface area (Å²) >= 11 is 1.10. The topological polar surface area (TPSA) is 164 Å². The van der Waals surface area contributed by atoms with Gasteiger partial charge in [-0.1, -0.05) is 30.3 Å². The van der Waals surface area contributed by atoms with Crippen LogP contribution in [0.1, 0.15) is 39.9 Å². The Morgan fingerprint density at radius 2 is 2.02 bits per heavy atom. The molecule has 2 aromatic heterocycles. The molecule has 4 aromatic rings. The van der Waals surface area contributed by atoms with Gasteiger partial charge in [-0.3, -0.25) is 14.2 Å². The van der Waals surface area contributed by atoms with Crippen molar-refractivity contribution in [1.29, 1.82) is 5.26 Å². The van der Waals surface area contributed by atoms with E-state index in [0.29, 0.717) is 35.7 Å². The molecule has 0 bridgehead atoms. The highest BCUT2D eigenvalue weighted by Crippen LogP contribution is 2.27. The Morgan fingerprint density at radius 3 is 2.74 bits per heavy atom. The van der Waals surface area contributed by atoms with E-state index < -0.39 is 17.9 Å². The molecular weight excluding hydrogens is 556 g/mol. The Hall–Kier alpha value is -4.73. The fourth-order valence-electron chi connectivity index (χ4n) is 5.10. The standard InChI is InChI=1S/C30H30N6O5S/c1-41-29(40)24(13-18-8-10-22(37)11-9-18)33-27(38)23-17-42-26-25(23)34-30(35-12-4-7-21(32)16-35)36(28(26)39)15-20-6-3-2-5-19(20)14-31/h2-3,5-6,8-11,17,21,24,37H,4,7,12-13,15-16,32H2,1H3,(H,33,38)/t21-,24+/m1/s1. The number of ether oxygens (including phenoxy) is 1. The van der Waals surface area contributed by atoms with Gasteiger partial charge < -0.3 is 25.8 Å². The zero-order valence-corrected chi connectivity index (χ0v) is 23.8. The first kappa shape index (κ1) is 28.8. The Kier molecular flexibility index (Phi) is 8.51. The summed E-state index contributed by atoms with van der Waals surface area (Å²) in [5.74, 6) is -0.751. The number of anilines is 1. The van der Waals surface area contributed by atoms with E-state index >= 15 is 0 Å². The monoisotopic (exact) mass is 586 g/mol. The minimum Gasteiger partial charge on any atom is -0.508 e. The summed E-state index contributed by atoms with van der Waals surface area (Å²) in [6.45, 7) is 1.25. The Labute approximate surface area is 245 Å². The largest absolute Gasteiger partial charge is 0.508 e. The molecule has 1 aliphatic heterocycles. The van der Waals surface area contributed by atoms with E-state index in [-0.39, 0.29) is 46.1 Å². The number of carbonyl (C=O) groups is 2. The van der Waals surface area contributed by atoms with Crippen LogP contribution >= 0.6 is 11.3 Å². The van der Waals surface area contributed by atoms with Gasteiger partial charge in [0.05, 0.1) is 30.9 Å². The number of aromatic nitrogens is 2. The minimum absolute atomic E-state index is 0.0838. The third-order valence-corrected chi connectivity index (χ3v) is 8.23. The highest BCUT2D eigenvalue weighted by atomic mass is 32.1. The van der Waals surface area contributed by atoms with Crippen molar-refractivity contribution in [3.8, 4) is 11.8 Å². The Balaban J connectivity index is 1.54. The lowest BCUT2D eigenvalue weighted by molar-refractivity contribution is -0.142. The van der Waals surface area contributed by atoms with Crippen molar-refractivity contribution in [1.82, 2.24) is 14.9 Å². The number of nitriles is 1. The molecule has 11 nitrogen and oxygen atoms in total. The summed E-state index contributed by atoms with van der Waals surface area (Å²) in [6, 6.07) is 14.5. The molecule has 1 saturated heterocycles. The van der Waals surface area contributed by atoms with Crippen molar-refractivity contribution < 1.29 is 19.4 Å². The van der Waals surface area contributed by atoms with Gasteiger partial charge >= 0.3 is 5.97 Å². The van der Waals surface area contributed by atoms with Crippen LogP contribution in [0.15, 0.2) is 58.7 Å². The predicted molar refractivity (Wildman–Crippen MR) is 159 cm³/mol. The minimum atomic E-state index is -1.01. The van der Waals surface area contributed by atoms with Gasteiger partial charge in [0.2, 0.25) is 5.95 Å². The lowest BCUT2D eigenvalue weighted by Gasteiger charge is -2.33. The Bertz CT molecular complexity index is 1730. The van der Waals surface area contributed by atoms with E-state index in [9.17, 15) is 24.8 Å². The van der Waals surface area contributed by atoms with Crippen LogP contribution in [0.2, 0.25) is 0 Å². The number of rotatable bonds is 8. The highest BCUT2D eigenvalue weighted by molar-refractivity contribution is 7.17. The molecule has 4 N–H and O–H groups in total. The number of nitrogens with zero attached hydrogens (tertiary/aromatic N) is 4.